The molecule has 0 N–H and O–H groups in total. The first kappa shape index (κ1) is 22.8. The Morgan fingerprint density at radius 1 is 0.536 bits per heavy atom. The van der Waals surface area contributed by atoms with Gasteiger partial charge in [0.25, 0.3) is 0 Å². The first-order valence-electron chi connectivity index (χ1n) is 11.9. The normalized spacial score (nSPS) is 33.7. The van der Waals surface area contributed by atoms with Gasteiger partial charge in [-0.3, -0.25) is 0 Å². The van der Waals surface area contributed by atoms with E-state index in [0.717, 1.165) is 46.3 Å². The summed E-state index contributed by atoms with van der Waals surface area (Å²) in [4.78, 5) is 0. The standard InChI is InChI=1S/C26H44P2/c1-17(2)21-13-14-22(18(3)4)27(21)25-11-9-10-12-26(25)28-23(19(5)6)15-16-24(28)20(7)8/h9-12,17-24H,13-16H2,1-8H3/t21-,22?,23-,24?,27-,28?/m1/s1. The molecule has 0 saturated carbocycles. The molecular weight excluding hydrogens is 374 g/mol. The van der Waals surface area contributed by atoms with Crippen molar-refractivity contribution in [2.45, 2.75) is 104 Å². The minimum atomic E-state index is -0.0433. The molecule has 0 radical (unpaired) electrons. The fourth-order valence-electron chi connectivity index (χ4n) is 5.96. The highest BCUT2D eigenvalue weighted by Crippen LogP contribution is 2.63. The lowest BCUT2D eigenvalue weighted by Crippen LogP contribution is -2.34. The van der Waals surface area contributed by atoms with Crippen molar-refractivity contribution in [3.63, 3.8) is 0 Å². The minimum Gasteiger partial charge on any atom is -0.0677 e. The molecule has 0 nitrogen and oxygen atoms in total. The van der Waals surface area contributed by atoms with E-state index < -0.39 is 0 Å². The van der Waals surface area contributed by atoms with E-state index >= 15 is 0 Å². The Bertz CT molecular complexity index is 546. The topological polar surface area (TPSA) is 0 Å². The largest absolute Gasteiger partial charge is 0.0677 e. The van der Waals surface area contributed by atoms with Gasteiger partial charge in [-0.1, -0.05) is 95.5 Å². The van der Waals surface area contributed by atoms with Crippen LogP contribution in [0.15, 0.2) is 24.3 Å². The molecular formula is C26H44P2. The molecule has 0 bridgehead atoms. The number of rotatable bonds is 6. The first-order chi connectivity index (χ1) is 13.2. The molecule has 1 aromatic carbocycles. The third-order valence-electron chi connectivity index (χ3n) is 7.46. The summed E-state index contributed by atoms with van der Waals surface area (Å²) in [6.45, 7) is 19.9. The van der Waals surface area contributed by atoms with Crippen molar-refractivity contribution in [1.29, 1.82) is 0 Å². The highest BCUT2D eigenvalue weighted by atomic mass is 31.1. The van der Waals surface area contributed by atoms with E-state index in [-0.39, 0.29) is 15.8 Å². The maximum atomic E-state index is 2.58. The average molecular weight is 419 g/mol. The molecule has 2 aliphatic rings. The molecule has 158 valence electrons. The fraction of sp³-hybridized carbons (Fsp3) is 0.769. The van der Waals surface area contributed by atoms with Gasteiger partial charge in [-0.05, 0) is 82.6 Å². The quantitative estimate of drug-likeness (QED) is 0.418. The molecule has 3 unspecified atom stereocenters. The van der Waals surface area contributed by atoms with Crippen LogP contribution in [-0.4, -0.2) is 22.6 Å². The summed E-state index contributed by atoms with van der Waals surface area (Å²) in [6, 6.07) is 9.86. The summed E-state index contributed by atoms with van der Waals surface area (Å²) < 4.78 is 0. The molecule has 28 heavy (non-hydrogen) atoms. The predicted octanol–water partition coefficient (Wildman–Crippen LogP) is 7.59. The van der Waals surface area contributed by atoms with Gasteiger partial charge < -0.3 is 0 Å². The lowest BCUT2D eigenvalue weighted by molar-refractivity contribution is 0.543. The van der Waals surface area contributed by atoms with Gasteiger partial charge in [0.1, 0.15) is 0 Å². The van der Waals surface area contributed by atoms with Crippen LogP contribution in [0.3, 0.4) is 0 Å². The van der Waals surface area contributed by atoms with Crippen molar-refractivity contribution in [1.82, 2.24) is 0 Å². The Labute approximate surface area is 178 Å². The van der Waals surface area contributed by atoms with Crippen molar-refractivity contribution >= 4 is 26.5 Å². The van der Waals surface area contributed by atoms with E-state index in [9.17, 15) is 0 Å². The highest BCUT2D eigenvalue weighted by Gasteiger charge is 2.44. The van der Waals surface area contributed by atoms with Gasteiger partial charge >= 0.3 is 0 Å². The van der Waals surface area contributed by atoms with Gasteiger partial charge in [-0.2, -0.15) is 0 Å². The van der Waals surface area contributed by atoms with Crippen molar-refractivity contribution in [2.75, 3.05) is 0 Å². The monoisotopic (exact) mass is 418 g/mol. The van der Waals surface area contributed by atoms with Crippen LogP contribution in [0, 0.1) is 23.7 Å². The van der Waals surface area contributed by atoms with Gasteiger partial charge in [-0.25, -0.2) is 0 Å². The van der Waals surface area contributed by atoms with Gasteiger partial charge in [0.2, 0.25) is 0 Å². The molecule has 0 aromatic heterocycles. The summed E-state index contributed by atoms with van der Waals surface area (Å²) in [5, 5.41) is 3.66. The van der Waals surface area contributed by atoms with Crippen molar-refractivity contribution in [3.8, 4) is 0 Å². The Morgan fingerprint density at radius 3 is 1.00 bits per heavy atom. The van der Waals surface area contributed by atoms with Crippen LogP contribution in [0.4, 0.5) is 0 Å². The Morgan fingerprint density at radius 2 is 0.786 bits per heavy atom. The molecule has 3 rings (SSSR count). The van der Waals surface area contributed by atoms with Crippen LogP contribution in [0.25, 0.3) is 0 Å². The first-order valence-corrected chi connectivity index (χ1v) is 14.9. The second-order valence-electron chi connectivity index (χ2n) is 10.7. The second kappa shape index (κ2) is 9.48. The van der Waals surface area contributed by atoms with Crippen LogP contribution in [0.5, 0.6) is 0 Å². The number of hydrogen-bond donors (Lipinski definition) is 0. The van der Waals surface area contributed by atoms with E-state index in [2.05, 4.69) is 79.7 Å². The van der Waals surface area contributed by atoms with Crippen molar-refractivity contribution in [3.05, 3.63) is 24.3 Å². The average Bonchev–Trinajstić information content (AvgIpc) is 3.26. The minimum absolute atomic E-state index is 0.0433. The van der Waals surface area contributed by atoms with E-state index in [1.54, 1.807) is 0 Å². The molecule has 0 amide bonds. The zero-order chi connectivity index (χ0) is 20.6. The van der Waals surface area contributed by atoms with Crippen LogP contribution in [0.2, 0.25) is 0 Å². The second-order valence-corrected chi connectivity index (χ2v) is 15.9. The zero-order valence-electron chi connectivity index (χ0n) is 19.7. The third-order valence-corrected chi connectivity index (χ3v) is 15.8. The molecule has 6 atom stereocenters. The molecule has 2 aliphatic heterocycles. The maximum Gasteiger partial charge on any atom is -0.0143 e. The highest BCUT2D eigenvalue weighted by molar-refractivity contribution is 7.73. The van der Waals surface area contributed by atoms with Gasteiger partial charge in [-0.15, -0.1) is 0 Å². The molecule has 2 heteroatoms. The summed E-state index contributed by atoms with van der Waals surface area (Å²) in [5.41, 5.74) is 3.71. The van der Waals surface area contributed by atoms with Crippen LogP contribution >= 0.6 is 15.8 Å². The van der Waals surface area contributed by atoms with E-state index in [0.29, 0.717) is 0 Å². The molecule has 0 spiro atoms. The van der Waals surface area contributed by atoms with Crippen LogP contribution in [0.1, 0.15) is 81.1 Å². The van der Waals surface area contributed by atoms with Crippen LogP contribution in [-0.2, 0) is 0 Å². The molecule has 2 saturated heterocycles. The third kappa shape index (κ3) is 4.40. The van der Waals surface area contributed by atoms with Gasteiger partial charge in [0, 0.05) is 0 Å². The Balaban J connectivity index is 2.08. The predicted molar refractivity (Wildman–Crippen MR) is 133 cm³/mol. The fourth-order valence-corrected chi connectivity index (χ4v) is 14.5. The lowest BCUT2D eigenvalue weighted by Gasteiger charge is -2.37. The summed E-state index contributed by atoms with van der Waals surface area (Å²) >= 11 is 0. The van der Waals surface area contributed by atoms with E-state index in [1.165, 1.54) is 25.7 Å². The Hall–Kier alpha value is 0.0800. The van der Waals surface area contributed by atoms with E-state index in [4.69, 9.17) is 0 Å². The molecule has 1 aromatic rings. The maximum absolute atomic E-state index is 2.58. The number of hydrogen-bond acceptors (Lipinski definition) is 0. The summed E-state index contributed by atoms with van der Waals surface area (Å²) in [7, 11) is -0.0867. The SMILES string of the molecule is CC(C)C1CC[C@H](C(C)C)P1c1ccccc1[P@@]1C(C(C)C)CC[C@@H]1C(C)C. The smallest absolute Gasteiger partial charge is 0.0143 e. The zero-order valence-corrected chi connectivity index (χ0v) is 21.4. The molecule has 2 heterocycles. The van der Waals surface area contributed by atoms with Gasteiger partial charge in [0.05, 0.1) is 0 Å². The van der Waals surface area contributed by atoms with E-state index in [1.807, 2.05) is 10.6 Å². The lowest BCUT2D eigenvalue weighted by atomic mass is 10.0. The van der Waals surface area contributed by atoms with Crippen molar-refractivity contribution < 1.29 is 0 Å². The number of benzene rings is 1. The summed E-state index contributed by atoms with van der Waals surface area (Å²) in [6.07, 6.45) is 5.83. The molecule has 2 fully saturated rings. The van der Waals surface area contributed by atoms with Crippen LogP contribution < -0.4 is 10.6 Å². The van der Waals surface area contributed by atoms with Crippen molar-refractivity contribution in [2.24, 2.45) is 23.7 Å². The summed E-state index contributed by atoms with van der Waals surface area (Å²) in [5.74, 6) is 3.28. The Kier molecular flexibility index (Phi) is 7.70. The van der Waals surface area contributed by atoms with Gasteiger partial charge in [0.15, 0.2) is 0 Å². The molecule has 0 aliphatic carbocycles.